The van der Waals surface area contributed by atoms with Crippen LogP contribution in [-0.2, 0) is 6.54 Å². The smallest absolute Gasteiger partial charge is 0.123 e. The van der Waals surface area contributed by atoms with Crippen molar-refractivity contribution in [2.24, 2.45) is 0 Å². The second kappa shape index (κ2) is 9.39. The lowest BCUT2D eigenvalue weighted by molar-refractivity contribution is 0.397. The first-order valence-corrected chi connectivity index (χ1v) is 7.55. The van der Waals surface area contributed by atoms with Crippen molar-refractivity contribution in [3.8, 4) is 11.8 Å². The van der Waals surface area contributed by atoms with Crippen molar-refractivity contribution < 1.29 is 4.74 Å². The molecule has 0 aliphatic heterocycles. The van der Waals surface area contributed by atoms with Crippen molar-refractivity contribution in [1.82, 2.24) is 5.32 Å². The lowest BCUT2D eigenvalue weighted by atomic mass is 10.0. The highest BCUT2D eigenvalue weighted by Crippen LogP contribution is 2.20. The lowest BCUT2D eigenvalue weighted by Gasteiger charge is -2.19. The number of hydrogen-bond acceptors (Lipinski definition) is 3. The van der Waals surface area contributed by atoms with Crippen LogP contribution in [0.1, 0.15) is 57.1 Å². The largest absolute Gasteiger partial charge is 0.496 e. The van der Waals surface area contributed by atoms with Gasteiger partial charge < -0.3 is 10.1 Å². The van der Waals surface area contributed by atoms with Crippen LogP contribution in [0.25, 0.3) is 0 Å². The SMILES string of the molecule is CCCCC(CCC)NCc1cc(C#N)ccc1OC. The lowest BCUT2D eigenvalue weighted by Crippen LogP contribution is -2.28. The maximum absolute atomic E-state index is 8.99. The molecule has 0 aliphatic carbocycles. The summed E-state index contributed by atoms with van der Waals surface area (Å²) in [5.74, 6) is 0.849. The minimum atomic E-state index is 0.551. The highest BCUT2D eigenvalue weighted by Gasteiger charge is 2.09. The number of rotatable bonds is 9. The first-order valence-electron chi connectivity index (χ1n) is 7.55. The Bertz CT molecular complexity index is 437. The molecule has 3 nitrogen and oxygen atoms in total. The number of nitriles is 1. The summed E-state index contributed by atoms with van der Waals surface area (Å²) >= 11 is 0. The molecular weight excluding hydrogens is 248 g/mol. The monoisotopic (exact) mass is 274 g/mol. The van der Waals surface area contributed by atoms with E-state index in [4.69, 9.17) is 10.00 Å². The van der Waals surface area contributed by atoms with Gasteiger partial charge in [-0.25, -0.2) is 0 Å². The first kappa shape index (κ1) is 16.5. The third kappa shape index (κ3) is 5.22. The summed E-state index contributed by atoms with van der Waals surface area (Å²) in [7, 11) is 1.67. The van der Waals surface area contributed by atoms with Gasteiger partial charge in [0.05, 0.1) is 18.7 Å². The van der Waals surface area contributed by atoms with Crippen LogP contribution < -0.4 is 10.1 Å². The van der Waals surface area contributed by atoms with E-state index in [0.29, 0.717) is 11.6 Å². The number of hydrogen-bond donors (Lipinski definition) is 1. The summed E-state index contributed by atoms with van der Waals surface area (Å²) in [6, 6.07) is 8.31. The van der Waals surface area contributed by atoms with Crippen molar-refractivity contribution in [2.75, 3.05) is 7.11 Å². The van der Waals surface area contributed by atoms with Gasteiger partial charge in [-0.2, -0.15) is 5.26 Å². The van der Waals surface area contributed by atoms with E-state index < -0.39 is 0 Å². The van der Waals surface area contributed by atoms with Gasteiger partial charge in [0.15, 0.2) is 0 Å². The van der Waals surface area contributed by atoms with E-state index >= 15 is 0 Å². The Labute approximate surface area is 123 Å². The molecule has 0 saturated heterocycles. The Kier molecular flexibility index (Phi) is 7.75. The molecule has 0 heterocycles. The molecule has 1 atom stereocenters. The van der Waals surface area contributed by atoms with Crippen LogP contribution in [0.2, 0.25) is 0 Å². The van der Waals surface area contributed by atoms with E-state index in [1.54, 1.807) is 13.2 Å². The molecule has 1 unspecified atom stereocenters. The molecule has 0 amide bonds. The van der Waals surface area contributed by atoms with Gasteiger partial charge in [-0.1, -0.05) is 33.1 Å². The number of methoxy groups -OCH3 is 1. The fraction of sp³-hybridized carbons (Fsp3) is 0.588. The van der Waals surface area contributed by atoms with Gasteiger partial charge in [-0.3, -0.25) is 0 Å². The molecule has 1 aromatic carbocycles. The molecule has 0 saturated carbocycles. The van der Waals surface area contributed by atoms with Gasteiger partial charge in [0.25, 0.3) is 0 Å². The van der Waals surface area contributed by atoms with Crippen molar-refractivity contribution in [3.63, 3.8) is 0 Å². The summed E-state index contributed by atoms with van der Waals surface area (Å²) in [4.78, 5) is 0. The zero-order valence-corrected chi connectivity index (χ0v) is 12.9. The van der Waals surface area contributed by atoms with Crippen LogP contribution in [0.15, 0.2) is 18.2 Å². The normalized spacial score (nSPS) is 11.9. The van der Waals surface area contributed by atoms with Gasteiger partial charge in [0.2, 0.25) is 0 Å². The number of unbranched alkanes of at least 4 members (excludes halogenated alkanes) is 1. The van der Waals surface area contributed by atoms with E-state index in [1.165, 1.54) is 32.1 Å². The fourth-order valence-electron chi connectivity index (χ4n) is 2.39. The molecular formula is C17H26N2O. The van der Waals surface area contributed by atoms with Crippen molar-refractivity contribution in [1.29, 1.82) is 5.26 Å². The average molecular weight is 274 g/mol. The van der Waals surface area contributed by atoms with Gasteiger partial charge >= 0.3 is 0 Å². The zero-order chi connectivity index (χ0) is 14.8. The van der Waals surface area contributed by atoms with E-state index in [2.05, 4.69) is 25.2 Å². The minimum Gasteiger partial charge on any atom is -0.496 e. The fourth-order valence-corrected chi connectivity index (χ4v) is 2.39. The number of nitrogens with one attached hydrogen (secondary N) is 1. The van der Waals surface area contributed by atoms with E-state index in [9.17, 15) is 0 Å². The second-order valence-corrected chi connectivity index (χ2v) is 5.15. The highest BCUT2D eigenvalue weighted by atomic mass is 16.5. The molecule has 1 aromatic rings. The third-order valence-electron chi connectivity index (χ3n) is 3.53. The molecule has 110 valence electrons. The van der Waals surface area contributed by atoms with Crippen LogP contribution in [-0.4, -0.2) is 13.2 Å². The molecule has 0 aliphatic rings. The van der Waals surface area contributed by atoms with E-state index in [1.807, 2.05) is 12.1 Å². The van der Waals surface area contributed by atoms with E-state index in [-0.39, 0.29) is 0 Å². The van der Waals surface area contributed by atoms with Crippen LogP contribution in [0.4, 0.5) is 0 Å². The molecule has 0 spiro atoms. The second-order valence-electron chi connectivity index (χ2n) is 5.15. The molecule has 0 fully saturated rings. The van der Waals surface area contributed by atoms with Crippen LogP contribution >= 0.6 is 0 Å². The topological polar surface area (TPSA) is 45.0 Å². The summed E-state index contributed by atoms with van der Waals surface area (Å²) < 4.78 is 5.37. The van der Waals surface area contributed by atoms with Gasteiger partial charge in [-0.05, 0) is 31.0 Å². The number of ether oxygens (including phenoxy) is 1. The van der Waals surface area contributed by atoms with Gasteiger partial charge in [-0.15, -0.1) is 0 Å². The molecule has 3 heteroatoms. The summed E-state index contributed by atoms with van der Waals surface area (Å²) in [5, 5.41) is 12.6. The van der Waals surface area contributed by atoms with Crippen LogP contribution in [0, 0.1) is 11.3 Å². The van der Waals surface area contributed by atoms with Crippen LogP contribution in [0.3, 0.4) is 0 Å². The molecule has 0 aromatic heterocycles. The standard InChI is InChI=1S/C17H26N2O/c1-4-6-8-16(7-5-2)19-13-15-11-14(12-18)9-10-17(15)20-3/h9-11,16,19H,4-8,13H2,1-3H3. The maximum atomic E-state index is 8.99. The molecule has 1 N–H and O–H groups in total. The Morgan fingerprint density at radius 2 is 2.05 bits per heavy atom. The Balaban J connectivity index is 2.68. The predicted molar refractivity (Wildman–Crippen MR) is 82.8 cm³/mol. The summed E-state index contributed by atoms with van der Waals surface area (Å²) in [6.45, 7) is 5.20. The first-order chi connectivity index (χ1) is 9.74. The van der Waals surface area contributed by atoms with E-state index in [0.717, 1.165) is 17.9 Å². The van der Waals surface area contributed by atoms with Gasteiger partial charge in [0, 0.05) is 18.2 Å². The maximum Gasteiger partial charge on any atom is 0.123 e. The van der Waals surface area contributed by atoms with Crippen LogP contribution in [0.5, 0.6) is 5.75 Å². The molecule has 20 heavy (non-hydrogen) atoms. The Morgan fingerprint density at radius 1 is 1.25 bits per heavy atom. The van der Waals surface area contributed by atoms with Crippen molar-refractivity contribution in [3.05, 3.63) is 29.3 Å². The average Bonchev–Trinajstić information content (AvgIpc) is 2.49. The minimum absolute atomic E-state index is 0.551. The summed E-state index contributed by atoms with van der Waals surface area (Å²) in [6.07, 6.45) is 6.09. The predicted octanol–water partition coefficient (Wildman–Crippen LogP) is 4.02. The Morgan fingerprint density at radius 3 is 2.65 bits per heavy atom. The van der Waals surface area contributed by atoms with Gasteiger partial charge in [0.1, 0.15) is 5.75 Å². The third-order valence-corrected chi connectivity index (χ3v) is 3.53. The van der Waals surface area contributed by atoms with Crippen molar-refractivity contribution in [2.45, 2.75) is 58.5 Å². The number of nitrogens with zero attached hydrogens (tertiary/aromatic N) is 1. The molecule has 0 radical (unpaired) electrons. The van der Waals surface area contributed by atoms with Crippen molar-refractivity contribution >= 4 is 0 Å². The highest BCUT2D eigenvalue weighted by molar-refractivity contribution is 5.42. The number of benzene rings is 1. The molecule has 1 rings (SSSR count). The zero-order valence-electron chi connectivity index (χ0n) is 12.9. The summed E-state index contributed by atoms with van der Waals surface area (Å²) in [5.41, 5.74) is 1.74. The Hall–Kier alpha value is -1.53. The molecule has 0 bridgehead atoms. The quantitative estimate of drug-likeness (QED) is 0.740.